The fourth-order valence-electron chi connectivity index (χ4n) is 1.83. The molecule has 21 heavy (non-hydrogen) atoms. The van der Waals surface area contributed by atoms with E-state index in [1.54, 1.807) is 0 Å². The lowest BCUT2D eigenvalue weighted by Crippen LogP contribution is -2.11. The van der Waals surface area contributed by atoms with Crippen molar-refractivity contribution >= 4 is 50.0 Å². The predicted octanol–water partition coefficient (Wildman–Crippen LogP) is 3.99. The number of carbonyl (C=O) groups is 1. The van der Waals surface area contributed by atoms with Crippen LogP contribution in [0.1, 0.15) is 26.7 Å². The Balaban J connectivity index is 1.78. The van der Waals surface area contributed by atoms with Crippen LogP contribution in [0.3, 0.4) is 0 Å². The number of nitrogens with one attached hydrogen (secondary N) is 1. The fraction of sp³-hybridized carbons (Fsp3) is 0.467. The topological polar surface area (TPSA) is 68.0 Å². The van der Waals surface area contributed by atoms with Gasteiger partial charge in [0.15, 0.2) is 5.13 Å². The molecule has 1 aromatic carbocycles. The molecule has 3 N–H and O–H groups in total. The van der Waals surface area contributed by atoms with Gasteiger partial charge in [-0.25, -0.2) is 4.98 Å². The highest BCUT2D eigenvalue weighted by atomic mass is 32.2. The van der Waals surface area contributed by atoms with E-state index in [9.17, 15) is 4.79 Å². The van der Waals surface area contributed by atoms with Crippen LogP contribution in [0.25, 0.3) is 10.2 Å². The first-order chi connectivity index (χ1) is 10.0. The highest BCUT2D eigenvalue weighted by Gasteiger charge is 2.08. The smallest absolute Gasteiger partial charge is 0.226 e. The number of nitrogen functional groups attached to an aromatic ring is 1. The van der Waals surface area contributed by atoms with Gasteiger partial charge in [-0.3, -0.25) is 4.79 Å². The van der Waals surface area contributed by atoms with Crippen LogP contribution >= 0.6 is 23.1 Å². The number of hydrogen-bond donors (Lipinski definition) is 2. The van der Waals surface area contributed by atoms with E-state index >= 15 is 0 Å². The third-order valence-electron chi connectivity index (χ3n) is 2.80. The van der Waals surface area contributed by atoms with Crippen molar-refractivity contribution in [1.82, 2.24) is 4.98 Å². The molecule has 0 radical (unpaired) electrons. The van der Waals surface area contributed by atoms with Crippen LogP contribution in [0.15, 0.2) is 18.2 Å². The Morgan fingerprint density at radius 3 is 3.05 bits per heavy atom. The molecule has 0 saturated carbocycles. The van der Waals surface area contributed by atoms with E-state index in [0.717, 1.165) is 28.1 Å². The number of amides is 1. The summed E-state index contributed by atoms with van der Waals surface area (Å²) in [5.74, 6) is 2.93. The second-order valence-corrected chi connectivity index (χ2v) is 7.55. The van der Waals surface area contributed by atoms with Gasteiger partial charge < -0.3 is 11.1 Å². The quantitative estimate of drug-likeness (QED) is 0.597. The maximum absolute atomic E-state index is 11.9. The van der Waals surface area contributed by atoms with E-state index in [2.05, 4.69) is 24.1 Å². The van der Waals surface area contributed by atoms with Crippen molar-refractivity contribution in [1.29, 1.82) is 0 Å². The molecule has 0 aliphatic carbocycles. The summed E-state index contributed by atoms with van der Waals surface area (Å²) in [6.07, 6.45) is 1.45. The number of thioether (sulfide) groups is 1. The SMILES string of the molecule is CC(C)CSCCCC(=O)Nc1nc2ccc(N)cc2s1. The summed E-state index contributed by atoms with van der Waals surface area (Å²) >= 11 is 3.37. The van der Waals surface area contributed by atoms with Crippen LogP contribution in [0.5, 0.6) is 0 Å². The van der Waals surface area contributed by atoms with Gasteiger partial charge in [0.1, 0.15) is 0 Å². The molecular formula is C15H21N3OS2. The fourth-order valence-corrected chi connectivity index (χ4v) is 3.75. The van der Waals surface area contributed by atoms with E-state index in [-0.39, 0.29) is 5.91 Å². The lowest BCUT2D eigenvalue weighted by atomic mass is 10.3. The summed E-state index contributed by atoms with van der Waals surface area (Å²) in [5.41, 5.74) is 7.33. The molecule has 0 spiro atoms. The summed E-state index contributed by atoms with van der Waals surface area (Å²) in [7, 11) is 0. The van der Waals surface area contributed by atoms with Crippen molar-refractivity contribution in [3.63, 3.8) is 0 Å². The molecule has 1 amide bonds. The van der Waals surface area contributed by atoms with Crippen LogP contribution in [-0.4, -0.2) is 22.4 Å². The Labute approximate surface area is 133 Å². The number of nitrogens with zero attached hydrogens (tertiary/aromatic N) is 1. The highest BCUT2D eigenvalue weighted by molar-refractivity contribution is 7.99. The normalized spacial score (nSPS) is 11.2. The molecule has 1 heterocycles. The van der Waals surface area contributed by atoms with Gasteiger partial charge in [0.05, 0.1) is 10.2 Å². The second-order valence-electron chi connectivity index (χ2n) is 5.37. The molecule has 0 unspecified atom stereocenters. The second kappa shape index (κ2) is 7.66. The minimum atomic E-state index is 0.0344. The zero-order valence-electron chi connectivity index (χ0n) is 12.4. The summed E-state index contributed by atoms with van der Waals surface area (Å²) in [6.45, 7) is 4.42. The Morgan fingerprint density at radius 1 is 1.48 bits per heavy atom. The molecule has 1 aromatic heterocycles. The van der Waals surface area contributed by atoms with Gasteiger partial charge >= 0.3 is 0 Å². The van der Waals surface area contributed by atoms with Gasteiger partial charge in [-0.15, -0.1) is 0 Å². The third-order valence-corrected chi connectivity index (χ3v) is 5.22. The number of carbonyl (C=O) groups excluding carboxylic acids is 1. The standard InChI is InChI=1S/C15H21N3OS2/c1-10(2)9-20-7-3-4-14(19)18-15-17-12-6-5-11(16)8-13(12)21-15/h5-6,8,10H,3-4,7,9,16H2,1-2H3,(H,17,18,19). The van der Waals surface area contributed by atoms with Gasteiger partial charge in [0.2, 0.25) is 5.91 Å². The molecule has 0 aliphatic rings. The van der Waals surface area contributed by atoms with Crippen molar-refractivity contribution < 1.29 is 4.79 Å². The largest absolute Gasteiger partial charge is 0.399 e. The zero-order valence-corrected chi connectivity index (χ0v) is 14.0. The number of rotatable bonds is 7. The maximum atomic E-state index is 11.9. The number of aromatic nitrogens is 1. The Hall–Kier alpha value is -1.27. The number of nitrogens with two attached hydrogens (primary N) is 1. The zero-order chi connectivity index (χ0) is 15.2. The third kappa shape index (κ3) is 5.21. The number of anilines is 2. The molecule has 0 bridgehead atoms. The molecule has 114 valence electrons. The van der Waals surface area contributed by atoms with Crippen molar-refractivity contribution in [2.24, 2.45) is 5.92 Å². The first-order valence-electron chi connectivity index (χ1n) is 7.08. The van der Waals surface area contributed by atoms with Gasteiger partial charge in [0, 0.05) is 12.1 Å². The van der Waals surface area contributed by atoms with E-state index in [4.69, 9.17) is 5.73 Å². The maximum Gasteiger partial charge on any atom is 0.226 e. The monoisotopic (exact) mass is 323 g/mol. The van der Waals surface area contributed by atoms with Crippen LogP contribution in [0.4, 0.5) is 10.8 Å². The lowest BCUT2D eigenvalue weighted by Gasteiger charge is -2.04. The molecule has 2 aromatic rings. The highest BCUT2D eigenvalue weighted by Crippen LogP contribution is 2.27. The summed E-state index contributed by atoms with van der Waals surface area (Å²) in [5, 5.41) is 3.52. The van der Waals surface area contributed by atoms with Crippen molar-refractivity contribution in [3.05, 3.63) is 18.2 Å². The minimum Gasteiger partial charge on any atom is -0.399 e. The van der Waals surface area contributed by atoms with E-state index in [1.807, 2.05) is 30.0 Å². The molecular weight excluding hydrogens is 302 g/mol. The summed E-state index contributed by atoms with van der Waals surface area (Å²) in [4.78, 5) is 16.3. The molecule has 0 atom stereocenters. The lowest BCUT2D eigenvalue weighted by molar-refractivity contribution is -0.116. The van der Waals surface area contributed by atoms with Crippen molar-refractivity contribution in [2.75, 3.05) is 22.6 Å². The summed E-state index contributed by atoms with van der Waals surface area (Å²) in [6, 6.07) is 5.57. The average Bonchev–Trinajstić information content (AvgIpc) is 2.79. The molecule has 0 fully saturated rings. The molecule has 0 aliphatic heterocycles. The number of benzene rings is 1. The average molecular weight is 323 g/mol. The van der Waals surface area contributed by atoms with E-state index in [0.29, 0.717) is 23.2 Å². The van der Waals surface area contributed by atoms with Gasteiger partial charge in [-0.05, 0) is 42.0 Å². The van der Waals surface area contributed by atoms with Gasteiger partial charge in [-0.1, -0.05) is 25.2 Å². The van der Waals surface area contributed by atoms with Crippen molar-refractivity contribution in [3.8, 4) is 0 Å². The van der Waals surface area contributed by atoms with E-state index < -0.39 is 0 Å². The van der Waals surface area contributed by atoms with Crippen molar-refractivity contribution in [2.45, 2.75) is 26.7 Å². The number of thiazole rings is 1. The van der Waals surface area contributed by atoms with Crippen LogP contribution in [0.2, 0.25) is 0 Å². The molecule has 4 nitrogen and oxygen atoms in total. The number of fused-ring (bicyclic) bond motifs is 1. The first kappa shape index (κ1) is 16.1. The van der Waals surface area contributed by atoms with Crippen LogP contribution < -0.4 is 11.1 Å². The van der Waals surface area contributed by atoms with Crippen LogP contribution in [-0.2, 0) is 4.79 Å². The number of hydrogen-bond acceptors (Lipinski definition) is 5. The Morgan fingerprint density at radius 2 is 2.29 bits per heavy atom. The summed E-state index contributed by atoms with van der Waals surface area (Å²) < 4.78 is 0.998. The Kier molecular flexibility index (Phi) is 5.87. The first-order valence-corrected chi connectivity index (χ1v) is 9.05. The molecule has 2 rings (SSSR count). The molecule has 0 saturated heterocycles. The van der Waals surface area contributed by atoms with Crippen LogP contribution in [0, 0.1) is 5.92 Å². The van der Waals surface area contributed by atoms with E-state index in [1.165, 1.54) is 11.3 Å². The van der Waals surface area contributed by atoms with Gasteiger partial charge in [-0.2, -0.15) is 11.8 Å². The van der Waals surface area contributed by atoms with Gasteiger partial charge in [0.25, 0.3) is 0 Å². The Bertz CT molecular complexity index is 610. The minimum absolute atomic E-state index is 0.0344. The molecule has 6 heteroatoms. The predicted molar refractivity (Wildman–Crippen MR) is 94.1 cm³/mol.